The molecule has 0 aromatic carbocycles. The fourth-order valence-corrected chi connectivity index (χ4v) is 1.80. The second-order valence-corrected chi connectivity index (χ2v) is 4.97. The SMILES string of the molecule is CC(O)C1CCN(C(=O)NCC(C)(O)C(=O)O)C1. The molecule has 0 saturated carbocycles. The Morgan fingerprint density at radius 3 is 2.61 bits per heavy atom. The summed E-state index contributed by atoms with van der Waals surface area (Å²) in [5.74, 6) is -1.33. The van der Waals surface area contributed by atoms with Crippen LogP contribution in [0.3, 0.4) is 0 Å². The second-order valence-electron chi connectivity index (χ2n) is 4.97. The summed E-state index contributed by atoms with van der Waals surface area (Å²) in [6.45, 7) is 3.42. The molecule has 1 aliphatic rings. The molecule has 0 aromatic heterocycles. The first-order valence-electron chi connectivity index (χ1n) is 5.90. The van der Waals surface area contributed by atoms with Gasteiger partial charge >= 0.3 is 12.0 Å². The molecule has 104 valence electrons. The van der Waals surface area contributed by atoms with Gasteiger partial charge in [0.15, 0.2) is 5.60 Å². The molecule has 1 saturated heterocycles. The highest BCUT2D eigenvalue weighted by molar-refractivity contribution is 5.79. The quantitative estimate of drug-likeness (QED) is 0.531. The molecule has 7 nitrogen and oxygen atoms in total. The normalized spacial score (nSPS) is 24.4. The lowest BCUT2D eigenvalue weighted by atomic mass is 10.0. The van der Waals surface area contributed by atoms with Gasteiger partial charge in [0.05, 0.1) is 12.6 Å². The number of likely N-dealkylation sites (tertiary alicyclic amines) is 1. The summed E-state index contributed by atoms with van der Waals surface area (Å²) >= 11 is 0. The van der Waals surface area contributed by atoms with E-state index in [9.17, 15) is 19.8 Å². The number of urea groups is 1. The van der Waals surface area contributed by atoms with Crippen LogP contribution in [0.15, 0.2) is 0 Å². The number of aliphatic hydroxyl groups is 2. The molecular formula is C11H20N2O5. The van der Waals surface area contributed by atoms with Crippen LogP contribution in [-0.4, -0.2) is 63.6 Å². The Morgan fingerprint density at radius 2 is 2.17 bits per heavy atom. The fourth-order valence-electron chi connectivity index (χ4n) is 1.80. The van der Waals surface area contributed by atoms with Crippen LogP contribution in [0.4, 0.5) is 4.79 Å². The number of nitrogens with one attached hydrogen (secondary N) is 1. The molecule has 18 heavy (non-hydrogen) atoms. The number of aliphatic carboxylic acids is 1. The number of aliphatic hydroxyl groups excluding tert-OH is 1. The molecule has 3 unspecified atom stereocenters. The lowest BCUT2D eigenvalue weighted by Crippen LogP contribution is -2.49. The number of hydrogen-bond donors (Lipinski definition) is 4. The van der Waals surface area contributed by atoms with Crippen LogP contribution in [0.25, 0.3) is 0 Å². The number of carbonyl (C=O) groups is 2. The van der Waals surface area contributed by atoms with E-state index < -0.39 is 23.7 Å². The van der Waals surface area contributed by atoms with E-state index in [0.29, 0.717) is 13.1 Å². The van der Waals surface area contributed by atoms with Crippen LogP contribution in [0.1, 0.15) is 20.3 Å². The summed E-state index contributed by atoms with van der Waals surface area (Å²) in [5.41, 5.74) is -1.97. The highest BCUT2D eigenvalue weighted by Gasteiger charge is 2.33. The predicted molar refractivity (Wildman–Crippen MR) is 63.0 cm³/mol. The molecule has 0 bridgehead atoms. The molecule has 1 heterocycles. The van der Waals surface area contributed by atoms with Gasteiger partial charge in [0.1, 0.15) is 0 Å². The maximum atomic E-state index is 11.7. The standard InChI is InChI=1S/C11H20N2O5/c1-7(14)8-3-4-13(5-8)10(17)12-6-11(2,18)9(15)16/h7-8,14,18H,3-6H2,1-2H3,(H,12,17)(H,15,16). The number of carbonyl (C=O) groups excluding carboxylic acids is 1. The molecule has 1 aliphatic heterocycles. The van der Waals surface area contributed by atoms with Crippen molar-refractivity contribution < 1.29 is 24.9 Å². The van der Waals surface area contributed by atoms with Crippen LogP contribution in [0.2, 0.25) is 0 Å². The Hall–Kier alpha value is -1.34. The predicted octanol–water partition coefficient (Wildman–Crippen LogP) is -0.766. The summed E-state index contributed by atoms with van der Waals surface area (Å²) in [5, 5.41) is 29.9. The molecule has 0 aliphatic carbocycles. The lowest BCUT2D eigenvalue weighted by Gasteiger charge is -2.22. The summed E-state index contributed by atoms with van der Waals surface area (Å²) in [6.07, 6.45) is 0.255. The van der Waals surface area contributed by atoms with Gasteiger partial charge in [0.25, 0.3) is 0 Å². The number of carboxylic acids is 1. The van der Waals surface area contributed by atoms with Crippen LogP contribution < -0.4 is 5.32 Å². The van der Waals surface area contributed by atoms with Crippen LogP contribution in [0.5, 0.6) is 0 Å². The average molecular weight is 260 g/mol. The molecule has 4 N–H and O–H groups in total. The van der Waals surface area contributed by atoms with Crippen molar-refractivity contribution in [3.05, 3.63) is 0 Å². The lowest BCUT2D eigenvalue weighted by molar-refractivity contribution is -0.155. The van der Waals surface area contributed by atoms with Gasteiger partial charge in [-0.1, -0.05) is 0 Å². The van der Waals surface area contributed by atoms with E-state index in [1.807, 2.05) is 0 Å². The van der Waals surface area contributed by atoms with Gasteiger partial charge in [-0.15, -0.1) is 0 Å². The summed E-state index contributed by atoms with van der Waals surface area (Å²) in [7, 11) is 0. The third kappa shape index (κ3) is 3.58. The molecular weight excluding hydrogens is 240 g/mol. The Bertz CT molecular complexity index is 329. The molecule has 7 heteroatoms. The Balaban J connectivity index is 2.41. The molecule has 2 amide bonds. The van der Waals surface area contributed by atoms with E-state index in [0.717, 1.165) is 13.3 Å². The zero-order chi connectivity index (χ0) is 13.9. The largest absolute Gasteiger partial charge is 0.479 e. The van der Waals surface area contributed by atoms with Crippen molar-refractivity contribution in [1.29, 1.82) is 0 Å². The number of nitrogens with zero attached hydrogens (tertiary/aromatic N) is 1. The third-order valence-electron chi connectivity index (χ3n) is 3.24. The Kier molecular flexibility index (Phi) is 4.53. The first kappa shape index (κ1) is 14.7. The highest BCUT2D eigenvalue weighted by atomic mass is 16.4. The Labute approximate surface area is 105 Å². The second kappa shape index (κ2) is 5.53. The average Bonchev–Trinajstić information content (AvgIpc) is 2.75. The van der Waals surface area contributed by atoms with E-state index in [2.05, 4.69) is 5.32 Å². The third-order valence-corrected chi connectivity index (χ3v) is 3.24. The van der Waals surface area contributed by atoms with Gasteiger partial charge < -0.3 is 25.5 Å². The van der Waals surface area contributed by atoms with Crippen molar-refractivity contribution in [1.82, 2.24) is 10.2 Å². The first-order chi connectivity index (χ1) is 8.24. The smallest absolute Gasteiger partial charge is 0.337 e. The van der Waals surface area contributed by atoms with E-state index in [4.69, 9.17) is 5.11 Å². The van der Waals surface area contributed by atoms with Gasteiger partial charge in [-0.2, -0.15) is 0 Å². The van der Waals surface area contributed by atoms with Crippen molar-refractivity contribution in [3.8, 4) is 0 Å². The molecule has 0 radical (unpaired) electrons. The Morgan fingerprint density at radius 1 is 1.56 bits per heavy atom. The molecule has 0 spiro atoms. The van der Waals surface area contributed by atoms with Crippen molar-refractivity contribution in [2.45, 2.75) is 32.0 Å². The minimum absolute atomic E-state index is 0.0516. The molecule has 1 fully saturated rings. The number of amides is 2. The van der Waals surface area contributed by atoms with Gasteiger partial charge in [-0.25, -0.2) is 9.59 Å². The van der Waals surface area contributed by atoms with Gasteiger partial charge in [-0.05, 0) is 20.3 Å². The highest BCUT2D eigenvalue weighted by Crippen LogP contribution is 2.19. The minimum Gasteiger partial charge on any atom is -0.479 e. The first-order valence-corrected chi connectivity index (χ1v) is 5.90. The minimum atomic E-state index is -1.97. The zero-order valence-corrected chi connectivity index (χ0v) is 10.6. The summed E-state index contributed by atoms with van der Waals surface area (Å²) in [6, 6.07) is -0.417. The van der Waals surface area contributed by atoms with Crippen LogP contribution in [0, 0.1) is 5.92 Å². The van der Waals surface area contributed by atoms with Crippen molar-refractivity contribution >= 4 is 12.0 Å². The number of rotatable bonds is 4. The van der Waals surface area contributed by atoms with Crippen molar-refractivity contribution in [2.75, 3.05) is 19.6 Å². The van der Waals surface area contributed by atoms with E-state index in [1.165, 1.54) is 4.90 Å². The van der Waals surface area contributed by atoms with Crippen molar-refractivity contribution in [3.63, 3.8) is 0 Å². The monoisotopic (exact) mass is 260 g/mol. The topological polar surface area (TPSA) is 110 Å². The summed E-state index contributed by atoms with van der Waals surface area (Å²) in [4.78, 5) is 23.9. The van der Waals surface area contributed by atoms with E-state index in [1.54, 1.807) is 6.92 Å². The van der Waals surface area contributed by atoms with Gasteiger partial charge in [0, 0.05) is 19.0 Å². The van der Waals surface area contributed by atoms with Crippen LogP contribution >= 0.6 is 0 Å². The van der Waals surface area contributed by atoms with Crippen molar-refractivity contribution in [2.24, 2.45) is 5.92 Å². The van der Waals surface area contributed by atoms with E-state index >= 15 is 0 Å². The molecule has 3 atom stereocenters. The van der Waals surface area contributed by atoms with Gasteiger partial charge in [-0.3, -0.25) is 0 Å². The number of hydrogen-bond acceptors (Lipinski definition) is 4. The molecule has 1 rings (SSSR count). The van der Waals surface area contributed by atoms with Crippen LogP contribution in [-0.2, 0) is 4.79 Å². The maximum absolute atomic E-state index is 11.7. The molecule has 0 aromatic rings. The zero-order valence-electron chi connectivity index (χ0n) is 10.6. The van der Waals surface area contributed by atoms with Gasteiger partial charge in [0.2, 0.25) is 0 Å². The number of carboxylic acid groups (broad SMARTS) is 1. The maximum Gasteiger partial charge on any atom is 0.337 e. The fraction of sp³-hybridized carbons (Fsp3) is 0.818. The summed E-state index contributed by atoms with van der Waals surface area (Å²) < 4.78 is 0. The van der Waals surface area contributed by atoms with E-state index in [-0.39, 0.29) is 12.5 Å².